The second-order valence-electron chi connectivity index (χ2n) is 14.0. The third kappa shape index (κ3) is 39.7. The third-order valence-electron chi connectivity index (χ3n) is 8.64. The van der Waals surface area contributed by atoms with Gasteiger partial charge < -0.3 is 24.6 Å². The molecule has 0 radical (unpaired) electrons. The van der Waals surface area contributed by atoms with E-state index in [0.717, 1.165) is 44.9 Å². The first-order valence-electron chi connectivity index (χ1n) is 21.2. The molecule has 10 nitrogen and oxygen atoms in total. The first kappa shape index (κ1) is 52.7. The van der Waals surface area contributed by atoms with Gasteiger partial charge in [0, 0.05) is 12.8 Å². The SMILES string of the molecule is CCCC/C=C/CCCCCCCCCCCC(=O)O[C@H](COC(=O)CCC/C=C/C/C=C/C/C=C/C/C=C/CCCCC)COP(=O)(O)OC[C@@H](O)CO. The molecule has 0 rings (SSSR count). The number of hydrogen-bond acceptors (Lipinski definition) is 9. The number of phosphoric ester groups is 1. The Balaban J connectivity index is 4.41. The highest BCUT2D eigenvalue weighted by Crippen LogP contribution is 2.43. The van der Waals surface area contributed by atoms with Gasteiger partial charge in [-0.3, -0.25) is 18.6 Å². The van der Waals surface area contributed by atoms with Crippen molar-refractivity contribution in [3.05, 3.63) is 60.8 Å². The Bertz CT molecular complexity index is 1100. The van der Waals surface area contributed by atoms with E-state index in [1.54, 1.807) is 0 Å². The average molecular weight is 797 g/mol. The first-order chi connectivity index (χ1) is 26.7. The van der Waals surface area contributed by atoms with Crippen LogP contribution in [-0.2, 0) is 32.7 Å². The van der Waals surface area contributed by atoms with Gasteiger partial charge >= 0.3 is 19.8 Å². The van der Waals surface area contributed by atoms with Crippen LogP contribution in [0.25, 0.3) is 0 Å². The van der Waals surface area contributed by atoms with Crippen molar-refractivity contribution in [2.24, 2.45) is 0 Å². The zero-order valence-corrected chi connectivity index (χ0v) is 35.3. The summed E-state index contributed by atoms with van der Waals surface area (Å²) in [5.74, 6) is -0.996. The van der Waals surface area contributed by atoms with Crippen molar-refractivity contribution < 1.29 is 47.8 Å². The first-order valence-corrected chi connectivity index (χ1v) is 22.7. The fourth-order valence-electron chi connectivity index (χ4n) is 5.32. The smallest absolute Gasteiger partial charge is 0.462 e. The molecule has 0 saturated heterocycles. The zero-order chi connectivity index (χ0) is 40.5. The Labute approximate surface area is 334 Å². The van der Waals surface area contributed by atoms with Crippen molar-refractivity contribution in [3.8, 4) is 0 Å². The quantitative estimate of drug-likeness (QED) is 0.0237. The number of carbonyl (C=O) groups is 2. The van der Waals surface area contributed by atoms with Crippen molar-refractivity contribution in [2.75, 3.05) is 26.4 Å². The van der Waals surface area contributed by atoms with E-state index in [1.165, 1.54) is 77.0 Å². The van der Waals surface area contributed by atoms with Gasteiger partial charge in [-0.25, -0.2) is 4.57 Å². The Kier molecular flexibility index (Phi) is 38.2. The van der Waals surface area contributed by atoms with Crippen LogP contribution in [0, 0.1) is 0 Å². The molecule has 0 saturated carbocycles. The van der Waals surface area contributed by atoms with Crippen molar-refractivity contribution >= 4 is 19.8 Å². The highest BCUT2D eigenvalue weighted by atomic mass is 31.2. The van der Waals surface area contributed by atoms with Crippen molar-refractivity contribution in [1.82, 2.24) is 0 Å². The number of esters is 2. The summed E-state index contributed by atoms with van der Waals surface area (Å²) >= 11 is 0. The van der Waals surface area contributed by atoms with Crippen LogP contribution in [0.2, 0.25) is 0 Å². The fourth-order valence-corrected chi connectivity index (χ4v) is 6.11. The van der Waals surface area contributed by atoms with E-state index in [1.807, 2.05) is 6.08 Å². The molecular weight excluding hydrogens is 719 g/mol. The maximum Gasteiger partial charge on any atom is 0.472 e. The molecule has 3 atom stereocenters. The third-order valence-corrected chi connectivity index (χ3v) is 9.60. The summed E-state index contributed by atoms with van der Waals surface area (Å²) in [5, 5.41) is 18.3. The van der Waals surface area contributed by atoms with E-state index in [0.29, 0.717) is 19.3 Å². The molecule has 0 amide bonds. The summed E-state index contributed by atoms with van der Waals surface area (Å²) in [7, 11) is -4.63. The fraction of sp³-hybridized carbons (Fsp3) is 0.727. The number of phosphoric acid groups is 1. The molecular formula is C44H77O10P. The summed E-state index contributed by atoms with van der Waals surface area (Å²) in [5.41, 5.74) is 0. The Morgan fingerprint density at radius 2 is 0.982 bits per heavy atom. The highest BCUT2D eigenvalue weighted by Gasteiger charge is 2.27. The van der Waals surface area contributed by atoms with Gasteiger partial charge in [-0.15, -0.1) is 0 Å². The number of carbonyl (C=O) groups excluding carboxylic acids is 2. The van der Waals surface area contributed by atoms with E-state index in [9.17, 15) is 24.2 Å². The summed E-state index contributed by atoms with van der Waals surface area (Å²) in [6.07, 6.45) is 43.3. The molecule has 0 aliphatic carbocycles. The lowest BCUT2D eigenvalue weighted by Crippen LogP contribution is -2.29. The molecule has 318 valence electrons. The molecule has 0 aromatic rings. The van der Waals surface area contributed by atoms with Gasteiger partial charge in [0.25, 0.3) is 0 Å². The number of ether oxygens (including phenoxy) is 2. The molecule has 0 aromatic heterocycles. The van der Waals surface area contributed by atoms with E-state index < -0.39 is 51.8 Å². The summed E-state index contributed by atoms with van der Waals surface area (Å²) < 4.78 is 32.6. The topological polar surface area (TPSA) is 149 Å². The lowest BCUT2D eigenvalue weighted by Gasteiger charge is -2.20. The number of rotatable bonds is 39. The lowest BCUT2D eigenvalue weighted by molar-refractivity contribution is -0.161. The highest BCUT2D eigenvalue weighted by molar-refractivity contribution is 7.47. The predicted molar refractivity (Wildman–Crippen MR) is 224 cm³/mol. The van der Waals surface area contributed by atoms with Crippen LogP contribution in [-0.4, -0.2) is 65.7 Å². The monoisotopic (exact) mass is 797 g/mol. The normalized spacial score (nSPS) is 14.5. The number of allylic oxidation sites excluding steroid dienone is 10. The molecule has 0 aliphatic heterocycles. The second kappa shape index (κ2) is 39.9. The molecule has 0 aromatic carbocycles. The van der Waals surface area contributed by atoms with Crippen LogP contribution in [0.15, 0.2) is 60.8 Å². The molecule has 1 unspecified atom stereocenters. The minimum absolute atomic E-state index is 0.163. The molecule has 0 fully saturated rings. The van der Waals surface area contributed by atoms with Crippen LogP contribution in [0.1, 0.15) is 168 Å². The maximum absolute atomic E-state index is 12.6. The number of aliphatic hydroxyl groups is 2. The van der Waals surface area contributed by atoms with Gasteiger partial charge in [-0.1, -0.05) is 145 Å². The largest absolute Gasteiger partial charge is 0.472 e. The van der Waals surface area contributed by atoms with Gasteiger partial charge in [0.1, 0.15) is 12.7 Å². The molecule has 55 heavy (non-hydrogen) atoms. The average Bonchev–Trinajstić information content (AvgIpc) is 3.17. The standard InChI is InChI=1S/C44H77O10P/c1-3-5-7-9-11-13-15-17-19-20-22-23-25-27-29-31-33-35-43(47)51-39-42(40-53-55(49,50)52-38-41(46)37-45)54-44(48)36-34-32-30-28-26-24-21-18-16-14-12-10-8-6-4-2/h10-13,17,19,22-23,27,29,41-42,45-46H,3-9,14-16,18,20-21,24-26,28,30-40H2,1-2H3,(H,49,50)/b12-10+,13-11+,19-17+,23-22+,29-27+/t41-,42+/m0/s1. The van der Waals surface area contributed by atoms with Crippen LogP contribution in [0.4, 0.5) is 0 Å². The van der Waals surface area contributed by atoms with E-state index in [4.69, 9.17) is 19.1 Å². The van der Waals surface area contributed by atoms with Gasteiger partial charge in [0.15, 0.2) is 6.10 Å². The van der Waals surface area contributed by atoms with Gasteiger partial charge in [0.2, 0.25) is 0 Å². The zero-order valence-electron chi connectivity index (χ0n) is 34.4. The minimum atomic E-state index is -4.63. The summed E-state index contributed by atoms with van der Waals surface area (Å²) in [6, 6.07) is 0. The molecule has 0 spiro atoms. The van der Waals surface area contributed by atoms with Crippen LogP contribution >= 0.6 is 7.82 Å². The van der Waals surface area contributed by atoms with Crippen LogP contribution in [0.3, 0.4) is 0 Å². The van der Waals surface area contributed by atoms with E-state index >= 15 is 0 Å². The minimum Gasteiger partial charge on any atom is -0.462 e. The Hall–Kier alpha value is -2.33. The van der Waals surface area contributed by atoms with Crippen LogP contribution in [0.5, 0.6) is 0 Å². The van der Waals surface area contributed by atoms with Gasteiger partial charge in [0.05, 0.1) is 19.8 Å². The number of unbranched alkanes of at least 4 members (excludes halogenated alkanes) is 15. The number of hydrogen-bond donors (Lipinski definition) is 3. The molecule has 11 heteroatoms. The molecule has 0 aliphatic rings. The van der Waals surface area contributed by atoms with E-state index in [-0.39, 0.29) is 19.4 Å². The van der Waals surface area contributed by atoms with Crippen molar-refractivity contribution in [2.45, 2.75) is 180 Å². The second-order valence-corrected chi connectivity index (χ2v) is 15.5. The Morgan fingerprint density at radius 3 is 1.55 bits per heavy atom. The van der Waals surface area contributed by atoms with E-state index in [2.05, 4.69) is 73.1 Å². The predicted octanol–water partition coefficient (Wildman–Crippen LogP) is 11.1. The molecule has 0 bridgehead atoms. The van der Waals surface area contributed by atoms with Crippen LogP contribution < -0.4 is 0 Å². The van der Waals surface area contributed by atoms with Gasteiger partial charge in [-0.05, 0) is 70.6 Å². The Morgan fingerprint density at radius 1 is 0.545 bits per heavy atom. The summed E-state index contributed by atoms with van der Waals surface area (Å²) in [6.45, 7) is 2.25. The van der Waals surface area contributed by atoms with Crippen molar-refractivity contribution in [1.29, 1.82) is 0 Å². The number of aliphatic hydroxyl groups excluding tert-OH is 2. The molecule has 0 heterocycles. The van der Waals surface area contributed by atoms with Gasteiger partial charge in [-0.2, -0.15) is 0 Å². The summed E-state index contributed by atoms with van der Waals surface area (Å²) in [4.78, 5) is 34.9. The lowest BCUT2D eigenvalue weighted by atomic mass is 10.1. The maximum atomic E-state index is 12.6. The van der Waals surface area contributed by atoms with Crippen molar-refractivity contribution in [3.63, 3.8) is 0 Å². The molecule has 3 N–H and O–H groups in total.